The minimum Gasteiger partial charge on any atom is -0.207 e. The molecular weight excluding hydrogens is 622 g/mol. The van der Waals surface area contributed by atoms with E-state index in [4.69, 9.17) is 46.4 Å². The lowest BCUT2D eigenvalue weighted by Gasteiger charge is -2.43. The third-order valence-electron chi connectivity index (χ3n) is 6.58. The first kappa shape index (κ1) is 27.7. The van der Waals surface area contributed by atoms with Gasteiger partial charge in [-0.3, -0.25) is 0 Å². The van der Waals surface area contributed by atoms with Gasteiger partial charge in [0.1, 0.15) is 12.7 Å². The second-order valence-electron chi connectivity index (χ2n) is 8.93. The van der Waals surface area contributed by atoms with Crippen molar-refractivity contribution in [2.45, 2.75) is 9.74 Å². The molecule has 0 unspecified atom stereocenters. The molecule has 0 aliphatic carbocycles. The van der Waals surface area contributed by atoms with Gasteiger partial charge in [0.2, 0.25) is 0 Å². The summed E-state index contributed by atoms with van der Waals surface area (Å²) in [6.07, 6.45) is 3.15. The van der Waals surface area contributed by atoms with E-state index in [-0.39, 0.29) is 0 Å². The molecule has 41 heavy (non-hydrogen) atoms. The van der Waals surface area contributed by atoms with E-state index in [0.29, 0.717) is 20.1 Å². The number of nitrogens with zero attached hydrogens (tertiary/aromatic N) is 8. The molecule has 4 aromatic carbocycles. The number of tetrazole rings is 2. The minimum absolute atomic E-state index is 0.586. The summed E-state index contributed by atoms with van der Waals surface area (Å²) in [6, 6.07) is 30.2. The topological polar surface area (TPSA) is 87.2 Å². The highest BCUT2D eigenvalue weighted by molar-refractivity contribution is 8.01. The van der Waals surface area contributed by atoms with Crippen LogP contribution in [0.15, 0.2) is 110 Å². The first-order valence-electron chi connectivity index (χ1n) is 12.1. The SMILES string of the molecule is Clc1ccc(C(SC(c2ccc(Cl)cc2)(c2ccc(Cl)cc2)n2cnnn2)(c2ccc(Cl)cc2)n2cnnn2)cc1. The van der Waals surface area contributed by atoms with E-state index < -0.39 is 9.74 Å². The summed E-state index contributed by atoms with van der Waals surface area (Å²) in [7, 11) is 0. The van der Waals surface area contributed by atoms with Crippen molar-refractivity contribution in [2.75, 3.05) is 0 Å². The van der Waals surface area contributed by atoms with Gasteiger partial charge >= 0.3 is 0 Å². The Labute approximate surface area is 259 Å². The van der Waals surface area contributed by atoms with Crippen molar-refractivity contribution in [1.82, 2.24) is 40.4 Å². The summed E-state index contributed by atoms with van der Waals surface area (Å²) in [6.45, 7) is 0. The lowest BCUT2D eigenvalue weighted by atomic mass is 9.97. The van der Waals surface area contributed by atoms with Crippen LogP contribution in [-0.2, 0) is 9.74 Å². The highest BCUT2D eigenvalue weighted by Crippen LogP contribution is 2.56. The van der Waals surface area contributed by atoms with Gasteiger partial charge in [0, 0.05) is 20.1 Å². The molecule has 6 rings (SSSR count). The van der Waals surface area contributed by atoms with Crippen LogP contribution >= 0.6 is 58.2 Å². The molecule has 0 atom stereocenters. The molecule has 204 valence electrons. The normalized spacial score (nSPS) is 12.0. The fourth-order valence-electron chi connectivity index (χ4n) is 4.72. The molecule has 0 N–H and O–H groups in total. The van der Waals surface area contributed by atoms with Crippen LogP contribution in [0.5, 0.6) is 0 Å². The van der Waals surface area contributed by atoms with Crippen LogP contribution in [0.1, 0.15) is 22.3 Å². The summed E-state index contributed by atoms with van der Waals surface area (Å²) in [5.41, 5.74) is 3.34. The van der Waals surface area contributed by atoms with Gasteiger partial charge in [-0.1, -0.05) is 107 Å². The van der Waals surface area contributed by atoms with Crippen molar-refractivity contribution in [1.29, 1.82) is 0 Å². The molecule has 2 aromatic heterocycles. The maximum atomic E-state index is 6.36. The van der Waals surface area contributed by atoms with Crippen LogP contribution in [-0.4, -0.2) is 40.4 Å². The van der Waals surface area contributed by atoms with Crippen molar-refractivity contribution in [2.24, 2.45) is 0 Å². The fourth-order valence-corrected chi connectivity index (χ4v) is 7.02. The number of rotatable bonds is 8. The number of benzene rings is 4. The van der Waals surface area contributed by atoms with Gasteiger partial charge < -0.3 is 0 Å². The van der Waals surface area contributed by atoms with Crippen molar-refractivity contribution in [3.8, 4) is 0 Å². The Morgan fingerprint density at radius 1 is 0.439 bits per heavy atom. The summed E-state index contributed by atoms with van der Waals surface area (Å²) in [5, 5.41) is 27.3. The Morgan fingerprint density at radius 2 is 0.707 bits per heavy atom. The zero-order valence-electron chi connectivity index (χ0n) is 20.9. The standard InChI is InChI=1S/C28H18Cl4N8S/c29-23-9-1-19(2-10-23)27(39-17-33-35-37-39,20-3-11-24(30)12-4-20)41-28(40-18-34-36-38-40,21-5-13-25(31)14-6-21)22-7-15-26(32)16-8-22/h1-18H. The van der Waals surface area contributed by atoms with Gasteiger partial charge in [0.15, 0.2) is 9.74 Å². The molecule has 0 saturated carbocycles. The smallest absolute Gasteiger partial charge is 0.164 e. The van der Waals surface area contributed by atoms with Crippen LogP contribution < -0.4 is 0 Å². The van der Waals surface area contributed by atoms with Crippen LogP contribution in [0.2, 0.25) is 20.1 Å². The van der Waals surface area contributed by atoms with E-state index in [1.165, 1.54) is 11.8 Å². The Kier molecular flexibility index (Phi) is 7.72. The van der Waals surface area contributed by atoms with Crippen LogP contribution in [0.25, 0.3) is 0 Å². The van der Waals surface area contributed by atoms with Crippen molar-refractivity contribution in [3.05, 3.63) is 152 Å². The van der Waals surface area contributed by atoms with Crippen molar-refractivity contribution < 1.29 is 0 Å². The van der Waals surface area contributed by atoms with Crippen LogP contribution in [0.4, 0.5) is 0 Å². The van der Waals surface area contributed by atoms with E-state index in [1.807, 2.05) is 97.1 Å². The third kappa shape index (κ3) is 5.09. The molecule has 6 aromatic rings. The van der Waals surface area contributed by atoms with Gasteiger partial charge in [0.05, 0.1) is 0 Å². The monoisotopic (exact) mass is 638 g/mol. The molecule has 0 aliphatic rings. The van der Waals surface area contributed by atoms with Crippen molar-refractivity contribution >= 4 is 58.2 Å². The predicted octanol–water partition coefficient (Wildman–Crippen LogP) is 7.21. The van der Waals surface area contributed by atoms with Gasteiger partial charge in [-0.15, -0.1) is 10.2 Å². The minimum atomic E-state index is -1.11. The molecule has 0 radical (unpaired) electrons. The Balaban J connectivity index is 1.74. The average molecular weight is 640 g/mol. The highest BCUT2D eigenvalue weighted by Gasteiger charge is 2.51. The van der Waals surface area contributed by atoms with E-state index in [2.05, 4.69) is 31.1 Å². The highest BCUT2D eigenvalue weighted by atomic mass is 35.5. The lowest BCUT2D eigenvalue weighted by Crippen LogP contribution is -2.43. The van der Waals surface area contributed by atoms with Gasteiger partial charge in [-0.25, -0.2) is 9.36 Å². The Morgan fingerprint density at radius 3 is 0.927 bits per heavy atom. The molecule has 0 bridgehead atoms. The average Bonchev–Trinajstić information content (AvgIpc) is 3.72. The van der Waals surface area contributed by atoms with Gasteiger partial charge in [-0.2, -0.15) is 0 Å². The van der Waals surface area contributed by atoms with Gasteiger partial charge in [-0.05, 0) is 91.6 Å². The second kappa shape index (κ2) is 11.4. The maximum Gasteiger partial charge on any atom is 0.164 e. The lowest BCUT2D eigenvalue weighted by molar-refractivity contribution is 0.484. The van der Waals surface area contributed by atoms with Crippen molar-refractivity contribution in [3.63, 3.8) is 0 Å². The van der Waals surface area contributed by atoms with Crippen LogP contribution in [0.3, 0.4) is 0 Å². The fraction of sp³-hybridized carbons (Fsp3) is 0.0714. The Hall–Kier alpha value is -3.47. The van der Waals surface area contributed by atoms with E-state index in [0.717, 1.165) is 22.3 Å². The first-order valence-corrected chi connectivity index (χ1v) is 14.5. The first-order chi connectivity index (χ1) is 19.9. The molecular formula is C28H18Cl4N8S. The Bertz CT molecular complexity index is 1510. The second-order valence-corrected chi connectivity index (χ2v) is 12.1. The summed E-state index contributed by atoms with van der Waals surface area (Å²) in [4.78, 5) is -2.21. The molecule has 0 spiro atoms. The zero-order chi connectivity index (χ0) is 28.5. The summed E-state index contributed by atoms with van der Waals surface area (Å²) >= 11 is 27.0. The molecule has 0 saturated heterocycles. The van der Waals surface area contributed by atoms with Gasteiger partial charge in [0.25, 0.3) is 0 Å². The molecule has 13 heteroatoms. The largest absolute Gasteiger partial charge is 0.207 e. The summed E-state index contributed by atoms with van der Waals surface area (Å²) < 4.78 is 3.41. The predicted molar refractivity (Wildman–Crippen MR) is 161 cm³/mol. The number of hydrogen-bond acceptors (Lipinski definition) is 7. The number of halogens is 4. The quantitative estimate of drug-likeness (QED) is 0.174. The maximum absolute atomic E-state index is 6.36. The zero-order valence-corrected chi connectivity index (χ0v) is 24.7. The van der Waals surface area contributed by atoms with Crippen LogP contribution in [0, 0.1) is 0 Å². The molecule has 0 fully saturated rings. The molecule has 2 heterocycles. The summed E-state index contributed by atoms with van der Waals surface area (Å²) in [5.74, 6) is 0. The number of hydrogen-bond donors (Lipinski definition) is 0. The molecule has 8 nitrogen and oxygen atoms in total. The van der Waals surface area contributed by atoms with E-state index in [1.54, 1.807) is 22.0 Å². The number of aromatic nitrogens is 8. The number of thioether (sulfide) groups is 1. The van der Waals surface area contributed by atoms with E-state index in [9.17, 15) is 0 Å². The van der Waals surface area contributed by atoms with E-state index >= 15 is 0 Å². The molecule has 0 amide bonds. The third-order valence-corrected chi connectivity index (χ3v) is 9.50. The molecule has 0 aliphatic heterocycles.